The Morgan fingerprint density at radius 2 is 1.96 bits per heavy atom. The molecule has 1 aliphatic heterocycles. The van der Waals surface area contributed by atoms with Crippen LogP contribution in [-0.2, 0) is 23.0 Å². The number of fused-ring (bicyclic) bond motifs is 1. The molecule has 0 radical (unpaired) electrons. The van der Waals surface area contributed by atoms with Crippen LogP contribution in [0.4, 0.5) is 4.79 Å². The zero-order valence-electron chi connectivity index (χ0n) is 12.6. The van der Waals surface area contributed by atoms with Crippen molar-refractivity contribution in [2.24, 2.45) is 5.14 Å². The van der Waals surface area contributed by atoms with Gasteiger partial charge in [-0.2, -0.15) is 0 Å². The van der Waals surface area contributed by atoms with Gasteiger partial charge >= 0.3 is 6.03 Å². The van der Waals surface area contributed by atoms with E-state index in [0.29, 0.717) is 24.4 Å². The molecule has 1 aromatic heterocycles. The molecule has 0 aliphatic carbocycles. The predicted molar refractivity (Wildman–Crippen MR) is 89.1 cm³/mol. The number of thiophene rings is 1. The van der Waals surface area contributed by atoms with Gasteiger partial charge in [-0.25, -0.2) is 18.4 Å². The van der Waals surface area contributed by atoms with Crippen molar-refractivity contribution in [2.75, 3.05) is 6.54 Å². The summed E-state index contributed by atoms with van der Waals surface area (Å²) in [5, 5.41) is 9.57. The van der Waals surface area contributed by atoms with Crippen LogP contribution in [0.25, 0.3) is 0 Å². The van der Waals surface area contributed by atoms with Gasteiger partial charge in [0, 0.05) is 6.54 Å². The van der Waals surface area contributed by atoms with E-state index in [-0.39, 0.29) is 10.8 Å². The number of primary sulfonamides is 1. The van der Waals surface area contributed by atoms with Crippen molar-refractivity contribution in [2.45, 2.75) is 17.9 Å². The van der Waals surface area contributed by atoms with Gasteiger partial charge in [-0.3, -0.25) is 9.69 Å². The second-order valence-corrected chi connectivity index (χ2v) is 7.81. The number of rotatable bonds is 4. The second kappa shape index (κ2) is 6.34. The number of benzene rings is 1. The third-order valence-electron chi connectivity index (χ3n) is 3.70. The molecule has 0 bridgehead atoms. The highest BCUT2D eigenvalue weighted by Crippen LogP contribution is 2.27. The van der Waals surface area contributed by atoms with E-state index in [0.717, 1.165) is 11.1 Å². The van der Waals surface area contributed by atoms with Gasteiger partial charge in [0.25, 0.3) is 5.91 Å². The van der Waals surface area contributed by atoms with Crippen LogP contribution in [0.5, 0.6) is 0 Å². The number of carbonyl (C=O) groups excluding carboxylic acids is 2. The number of amides is 3. The quantitative estimate of drug-likeness (QED) is 0.851. The summed E-state index contributed by atoms with van der Waals surface area (Å²) >= 11 is 1.33. The molecule has 0 atom stereocenters. The Morgan fingerprint density at radius 3 is 2.58 bits per heavy atom. The van der Waals surface area contributed by atoms with Gasteiger partial charge in [0.05, 0.1) is 16.3 Å². The molecule has 0 saturated heterocycles. The van der Waals surface area contributed by atoms with Crippen molar-refractivity contribution >= 4 is 33.3 Å². The van der Waals surface area contributed by atoms with E-state index in [1.807, 2.05) is 11.4 Å². The number of carbonyl (C=O) groups is 2. The Balaban J connectivity index is 1.53. The molecule has 3 amide bonds. The van der Waals surface area contributed by atoms with Crippen molar-refractivity contribution < 1.29 is 18.0 Å². The highest BCUT2D eigenvalue weighted by atomic mass is 32.2. The third-order valence-corrected chi connectivity index (χ3v) is 5.58. The fourth-order valence-corrected chi connectivity index (χ4v) is 3.81. The van der Waals surface area contributed by atoms with Crippen molar-refractivity contribution in [3.63, 3.8) is 0 Å². The Labute approximate surface area is 143 Å². The standard InChI is InChI=1S/C15H15N3O4S2/c16-24(21,22)12-3-1-10(2-4-12)5-7-17-15(20)18-9-11-6-8-23-13(11)14(18)19/h1-4,6,8H,5,7,9H2,(H,17,20)(H2,16,21,22). The van der Waals surface area contributed by atoms with E-state index in [9.17, 15) is 18.0 Å². The lowest BCUT2D eigenvalue weighted by Gasteiger charge is -2.14. The summed E-state index contributed by atoms with van der Waals surface area (Å²) in [6.45, 7) is 0.636. The van der Waals surface area contributed by atoms with Crippen LogP contribution in [0.1, 0.15) is 20.8 Å². The van der Waals surface area contributed by atoms with Crippen molar-refractivity contribution in [1.29, 1.82) is 0 Å². The number of urea groups is 1. The monoisotopic (exact) mass is 365 g/mol. The molecule has 0 saturated carbocycles. The van der Waals surface area contributed by atoms with E-state index < -0.39 is 16.1 Å². The second-order valence-electron chi connectivity index (χ2n) is 5.34. The maximum absolute atomic E-state index is 12.1. The molecule has 2 aromatic rings. The molecule has 9 heteroatoms. The highest BCUT2D eigenvalue weighted by molar-refractivity contribution is 7.89. The molecule has 1 aliphatic rings. The number of nitrogens with zero attached hydrogens (tertiary/aromatic N) is 1. The minimum absolute atomic E-state index is 0.0455. The first kappa shape index (κ1) is 16.6. The average Bonchev–Trinajstić information content (AvgIpc) is 3.10. The summed E-state index contributed by atoms with van der Waals surface area (Å²) in [4.78, 5) is 26.0. The summed E-state index contributed by atoms with van der Waals surface area (Å²) in [5.41, 5.74) is 1.73. The number of sulfonamides is 1. The van der Waals surface area contributed by atoms with Crippen LogP contribution in [0.2, 0.25) is 0 Å². The Morgan fingerprint density at radius 1 is 1.25 bits per heavy atom. The molecule has 24 heavy (non-hydrogen) atoms. The first-order chi connectivity index (χ1) is 11.4. The number of nitrogens with two attached hydrogens (primary N) is 1. The van der Waals surface area contributed by atoms with E-state index in [4.69, 9.17) is 5.14 Å². The Hall–Kier alpha value is -2.23. The minimum atomic E-state index is -3.70. The van der Waals surface area contributed by atoms with Gasteiger partial charge < -0.3 is 5.32 Å². The first-order valence-corrected chi connectivity index (χ1v) is 9.56. The van der Waals surface area contributed by atoms with Crippen LogP contribution < -0.4 is 10.5 Å². The average molecular weight is 365 g/mol. The van der Waals surface area contributed by atoms with E-state index in [2.05, 4.69) is 5.32 Å². The fourth-order valence-electron chi connectivity index (χ4n) is 2.43. The molecule has 0 spiro atoms. The zero-order chi connectivity index (χ0) is 17.3. The summed E-state index contributed by atoms with van der Waals surface area (Å²) < 4.78 is 22.4. The topological polar surface area (TPSA) is 110 Å². The summed E-state index contributed by atoms with van der Waals surface area (Å²) in [6, 6.07) is 7.56. The Kier molecular flexibility index (Phi) is 4.39. The number of hydrogen-bond donors (Lipinski definition) is 2. The molecular weight excluding hydrogens is 350 g/mol. The lowest BCUT2D eigenvalue weighted by atomic mass is 10.1. The van der Waals surface area contributed by atoms with Gasteiger partial charge in [-0.15, -0.1) is 11.3 Å². The minimum Gasteiger partial charge on any atom is -0.337 e. The van der Waals surface area contributed by atoms with Gasteiger partial charge in [-0.05, 0) is 41.1 Å². The SMILES string of the molecule is NS(=O)(=O)c1ccc(CCNC(=O)N2Cc3ccsc3C2=O)cc1. The maximum Gasteiger partial charge on any atom is 0.324 e. The number of hydrogen-bond acceptors (Lipinski definition) is 5. The van der Waals surface area contributed by atoms with Crippen molar-refractivity contribution in [1.82, 2.24) is 10.2 Å². The summed E-state index contributed by atoms with van der Waals surface area (Å²) in [5.74, 6) is -0.269. The Bertz CT molecular complexity index is 888. The molecule has 7 nitrogen and oxygen atoms in total. The lowest BCUT2D eigenvalue weighted by molar-refractivity contribution is 0.0824. The van der Waals surface area contributed by atoms with Gasteiger partial charge in [-0.1, -0.05) is 12.1 Å². The molecule has 126 valence electrons. The summed E-state index contributed by atoms with van der Waals surface area (Å²) in [7, 11) is -3.70. The first-order valence-electron chi connectivity index (χ1n) is 7.14. The van der Waals surface area contributed by atoms with Gasteiger partial charge in [0.15, 0.2) is 0 Å². The van der Waals surface area contributed by atoms with Crippen LogP contribution in [0, 0.1) is 0 Å². The van der Waals surface area contributed by atoms with Crippen molar-refractivity contribution in [3.05, 3.63) is 51.7 Å². The molecule has 3 N–H and O–H groups in total. The van der Waals surface area contributed by atoms with Crippen molar-refractivity contribution in [3.8, 4) is 0 Å². The maximum atomic E-state index is 12.1. The van der Waals surface area contributed by atoms with Crippen LogP contribution in [0.15, 0.2) is 40.6 Å². The fraction of sp³-hybridized carbons (Fsp3) is 0.200. The summed E-state index contributed by atoms with van der Waals surface area (Å²) in [6.07, 6.45) is 0.514. The third kappa shape index (κ3) is 3.32. The lowest BCUT2D eigenvalue weighted by Crippen LogP contribution is -2.40. The van der Waals surface area contributed by atoms with Crippen LogP contribution in [-0.4, -0.2) is 31.8 Å². The van der Waals surface area contributed by atoms with E-state index in [1.165, 1.54) is 28.4 Å². The predicted octanol–water partition coefficient (Wildman–Crippen LogP) is 1.30. The molecule has 0 unspecified atom stereocenters. The number of imide groups is 1. The molecule has 0 fully saturated rings. The molecular formula is C15H15N3O4S2. The molecule has 3 rings (SSSR count). The van der Waals surface area contributed by atoms with E-state index >= 15 is 0 Å². The smallest absolute Gasteiger partial charge is 0.324 e. The largest absolute Gasteiger partial charge is 0.337 e. The highest BCUT2D eigenvalue weighted by Gasteiger charge is 2.32. The van der Waals surface area contributed by atoms with Gasteiger partial charge in [0.2, 0.25) is 10.0 Å². The number of nitrogens with one attached hydrogen (secondary N) is 1. The van der Waals surface area contributed by atoms with Crippen LogP contribution in [0.3, 0.4) is 0 Å². The van der Waals surface area contributed by atoms with Crippen LogP contribution >= 0.6 is 11.3 Å². The molecule has 1 aromatic carbocycles. The normalized spacial score (nSPS) is 13.9. The van der Waals surface area contributed by atoms with E-state index in [1.54, 1.807) is 12.1 Å². The zero-order valence-corrected chi connectivity index (χ0v) is 14.2. The molecule has 2 heterocycles. The van der Waals surface area contributed by atoms with Gasteiger partial charge in [0.1, 0.15) is 0 Å².